The number of anilines is 2. The van der Waals surface area contributed by atoms with Gasteiger partial charge >= 0.3 is 5.97 Å². The molecule has 0 aliphatic heterocycles. The number of aryl methyl sites for hydroxylation is 2. The Kier molecular flexibility index (Phi) is 6.10. The minimum Gasteiger partial charge on any atom is -0.465 e. The number of ether oxygens (including phenoxy) is 1. The number of nitrogens with zero attached hydrogens (tertiary/aromatic N) is 1. The van der Waals surface area contributed by atoms with Gasteiger partial charge in [-0.15, -0.1) is 22.7 Å². The monoisotopic (exact) mass is 491 g/mol. The number of nitrogens with one attached hydrogen (secondary N) is 1. The topological polar surface area (TPSA) is 94.3 Å². The molecule has 3 aromatic heterocycles. The summed E-state index contributed by atoms with van der Waals surface area (Å²) < 4.78 is 5.05. The van der Waals surface area contributed by atoms with Crippen molar-refractivity contribution in [3.05, 3.63) is 62.8 Å². The van der Waals surface area contributed by atoms with E-state index >= 15 is 0 Å². The Morgan fingerprint density at radius 2 is 1.79 bits per heavy atom. The molecule has 0 saturated heterocycles. The molecule has 1 aliphatic carbocycles. The third-order valence-electron chi connectivity index (χ3n) is 6.19. The van der Waals surface area contributed by atoms with Crippen LogP contribution in [0.4, 0.5) is 10.7 Å². The predicted molar refractivity (Wildman–Crippen MR) is 139 cm³/mol. The summed E-state index contributed by atoms with van der Waals surface area (Å²) >= 11 is 2.73. The number of methoxy groups -OCH3 is 1. The number of amides is 1. The van der Waals surface area contributed by atoms with Crippen LogP contribution in [0.25, 0.3) is 21.5 Å². The number of pyridine rings is 1. The molecule has 0 spiro atoms. The highest BCUT2D eigenvalue weighted by atomic mass is 32.1. The molecule has 6 nitrogen and oxygen atoms in total. The van der Waals surface area contributed by atoms with E-state index in [1.165, 1.54) is 35.3 Å². The number of aromatic nitrogens is 1. The van der Waals surface area contributed by atoms with Crippen molar-refractivity contribution in [3.8, 4) is 11.3 Å². The van der Waals surface area contributed by atoms with Crippen LogP contribution >= 0.6 is 22.7 Å². The van der Waals surface area contributed by atoms with Gasteiger partial charge in [-0.05, 0) is 50.3 Å². The van der Waals surface area contributed by atoms with Crippen LogP contribution in [0.2, 0.25) is 0 Å². The zero-order valence-corrected chi connectivity index (χ0v) is 20.7. The first-order valence-corrected chi connectivity index (χ1v) is 12.9. The summed E-state index contributed by atoms with van der Waals surface area (Å²) in [6.07, 6.45) is 4.98. The van der Waals surface area contributed by atoms with Crippen molar-refractivity contribution >= 4 is 55.5 Å². The Balaban J connectivity index is 1.49. The Labute approximate surface area is 205 Å². The van der Waals surface area contributed by atoms with Crippen LogP contribution in [0.5, 0.6) is 0 Å². The molecule has 5 rings (SSSR count). The predicted octanol–water partition coefficient (Wildman–Crippen LogP) is 6.22. The van der Waals surface area contributed by atoms with Gasteiger partial charge in [0.15, 0.2) is 0 Å². The van der Waals surface area contributed by atoms with Crippen LogP contribution in [0.15, 0.2) is 36.4 Å². The lowest BCUT2D eigenvalue weighted by atomic mass is 10.1. The summed E-state index contributed by atoms with van der Waals surface area (Å²) in [5.41, 5.74) is 11.3. The largest absolute Gasteiger partial charge is 0.465 e. The molecule has 0 saturated carbocycles. The zero-order chi connectivity index (χ0) is 23.8. The maximum Gasteiger partial charge on any atom is 0.341 e. The fraction of sp³-hybridized carbons (Fsp3) is 0.269. The van der Waals surface area contributed by atoms with E-state index in [0.29, 0.717) is 26.0 Å². The number of carbonyl (C=O) groups excluding carboxylic acids is 2. The van der Waals surface area contributed by atoms with Gasteiger partial charge in [-0.2, -0.15) is 0 Å². The fourth-order valence-corrected chi connectivity index (χ4v) is 6.62. The number of nitrogen functional groups attached to an aromatic ring is 1. The summed E-state index contributed by atoms with van der Waals surface area (Å²) in [5, 5.41) is 4.24. The number of hydrogen-bond donors (Lipinski definition) is 2. The molecular weight excluding hydrogens is 466 g/mol. The van der Waals surface area contributed by atoms with Gasteiger partial charge in [-0.1, -0.05) is 36.2 Å². The van der Waals surface area contributed by atoms with E-state index in [9.17, 15) is 9.59 Å². The smallest absolute Gasteiger partial charge is 0.341 e. The third kappa shape index (κ3) is 4.08. The number of rotatable bonds is 4. The quantitative estimate of drug-likeness (QED) is 0.261. The summed E-state index contributed by atoms with van der Waals surface area (Å²) in [6, 6.07) is 12.0. The normalized spacial score (nSPS) is 13.4. The molecule has 1 amide bonds. The van der Waals surface area contributed by atoms with Crippen molar-refractivity contribution in [3.63, 3.8) is 0 Å². The molecule has 0 atom stereocenters. The molecule has 3 N–H and O–H groups in total. The second-order valence-electron chi connectivity index (χ2n) is 8.47. The highest BCUT2D eigenvalue weighted by Crippen LogP contribution is 2.40. The van der Waals surface area contributed by atoms with Gasteiger partial charge in [0, 0.05) is 15.8 Å². The molecule has 0 bridgehead atoms. The molecular formula is C26H25N3O3S2. The molecule has 1 aliphatic rings. The van der Waals surface area contributed by atoms with E-state index < -0.39 is 5.97 Å². The molecule has 34 heavy (non-hydrogen) atoms. The van der Waals surface area contributed by atoms with Gasteiger partial charge < -0.3 is 15.8 Å². The van der Waals surface area contributed by atoms with Crippen LogP contribution in [-0.2, 0) is 17.6 Å². The van der Waals surface area contributed by atoms with Gasteiger partial charge in [0.1, 0.15) is 14.7 Å². The first kappa shape index (κ1) is 22.6. The van der Waals surface area contributed by atoms with Crippen molar-refractivity contribution in [2.75, 3.05) is 18.2 Å². The molecule has 0 radical (unpaired) electrons. The van der Waals surface area contributed by atoms with E-state index in [1.807, 2.05) is 43.3 Å². The maximum absolute atomic E-state index is 13.3. The summed E-state index contributed by atoms with van der Waals surface area (Å²) in [4.78, 5) is 32.9. The van der Waals surface area contributed by atoms with Gasteiger partial charge in [-0.25, -0.2) is 9.78 Å². The summed E-state index contributed by atoms with van der Waals surface area (Å²) in [7, 11) is 1.37. The lowest BCUT2D eigenvalue weighted by molar-refractivity contribution is 0.0601. The number of fused-ring (bicyclic) bond motifs is 2. The van der Waals surface area contributed by atoms with Crippen LogP contribution in [0, 0.1) is 6.92 Å². The number of hydrogen-bond acceptors (Lipinski definition) is 7. The van der Waals surface area contributed by atoms with Gasteiger partial charge in [-0.3, -0.25) is 4.79 Å². The van der Waals surface area contributed by atoms with Crippen molar-refractivity contribution in [2.45, 2.75) is 39.0 Å². The van der Waals surface area contributed by atoms with Crippen LogP contribution < -0.4 is 11.1 Å². The molecule has 8 heteroatoms. The minimum atomic E-state index is -0.414. The highest BCUT2D eigenvalue weighted by molar-refractivity contribution is 7.21. The van der Waals surface area contributed by atoms with Gasteiger partial charge in [0.25, 0.3) is 5.91 Å². The first-order chi connectivity index (χ1) is 16.5. The third-order valence-corrected chi connectivity index (χ3v) is 8.51. The molecule has 0 fully saturated rings. The van der Waals surface area contributed by atoms with Gasteiger partial charge in [0.2, 0.25) is 0 Å². The van der Waals surface area contributed by atoms with Crippen molar-refractivity contribution < 1.29 is 14.3 Å². The number of esters is 1. The first-order valence-electron chi connectivity index (χ1n) is 11.3. The van der Waals surface area contributed by atoms with Crippen molar-refractivity contribution in [1.82, 2.24) is 4.98 Å². The zero-order valence-electron chi connectivity index (χ0n) is 19.1. The summed E-state index contributed by atoms with van der Waals surface area (Å²) in [5.74, 6) is -0.748. The van der Waals surface area contributed by atoms with Gasteiger partial charge in [0.05, 0.1) is 24.1 Å². The molecule has 3 heterocycles. The molecule has 0 unspecified atom stereocenters. The van der Waals surface area contributed by atoms with Crippen LogP contribution in [0.1, 0.15) is 55.3 Å². The van der Waals surface area contributed by atoms with E-state index in [-0.39, 0.29) is 5.91 Å². The van der Waals surface area contributed by atoms with Crippen LogP contribution in [-0.4, -0.2) is 24.0 Å². The standard InChI is InChI=1S/C26H25N3O3S2/c1-14-8-10-15(11-9-14)18-13-12-17-21(27)22(34-24(17)28-18)23(30)29-25-20(26(31)32-2)16-6-4-3-5-7-19(16)33-25/h8-13H,3-7,27H2,1-2H3,(H,29,30). The van der Waals surface area contributed by atoms with Crippen LogP contribution in [0.3, 0.4) is 0 Å². The Hall–Kier alpha value is -3.23. The average molecular weight is 492 g/mol. The van der Waals surface area contributed by atoms with Crippen molar-refractivity contribution in [1.29, 1.82) is 0 Å². The van der Waals surface area contributed by atoms with E-state index in [4.69, 9.17) is 15.5 Å². The lowest BCUT2D eigenvalue weighted by Crippen LogP contribution is -2.14. The SMILES string of the molecule is COC(=O)c1c(NC(=O)c2sc3nc(-c4ccc(C)cc4)ccc3c2N)sc2c1CCCCC2. The number of benzene rings is 1. The van der Waals surface area contributed by atoms with E-state index in [1.54, 1.807) is 0 Å². The lowest BCUT2D eigenvalue weighted by Gasteiger charge is -2.07. The fourth-order valence-electron chi connectivity index (χ4n) is 4.36. The average Bonchev–Trinajstić information content (AvgIpc) is 3.25. The Morgan fingerprint density at radius 3 is 2.56 bits per heavy atom. The highest BCUT2D eigenvalue weighted by Gasteiger charge is 2.27. The Bertz CT molecular complexity index is 1400. The molecule has 4 aromatic rings. The van der Waals surface area contributed by atoms with E-state index in [0.717, 1.165) is 59.2 Å². The maximum atomic E-state index is 13.3. The number of carbonyl (C=O) groups is 2. The number of nitrogens with two attached hydrogens (primary N) is 1. The second kappa shape index (κ2) is 9.19. The second-order valence-corrected chi connectivity index (χ2v) is 10.6. The molecule has 174 valence electrons. The number of thiophene rings is 2. The molecule has 1 aromatic carbocycles. The summed E-state index contributed by atoms with van der Waals surface area (Å²) in [6.45, 7) is 2.04. The minimum absolute atomic E-state index is 0.334. The van der Waals surface area contributed by atoms with E-state index in [2.05, 4.69) is 5.32 Å². The van der Waals surface area contributed by atoms with Crippen molar-refractivity contribution in [2.24, 2.45) is 0 Å². The Morgan fingerprint density at radius 1 is 1.03 bits per heavy atom.